The fourth-order valence-electron chi connectivity index (χ4n) is 1.76. The molecule has 0 aliphatic heterocycles. The van der Waals surface area contributed by atoms with Crippen LogP contribution in [0.2, 0.25) is 0 Å². The largest absolute Gasteiger partial charge is 0.416 e. The van der Waals surface area contributed by atoms with Crippen LogP contribution in [-0.4, -0.2) is 6.29 Å². The summed E-state index contributed by atoms with van der Waals surface area (Å²) < 4.78 is 37.9. The lowest BCUT2D eigenvalue weighted by Gasteiger charge is -2.13. The minimum atomic E-state index is -4.31. The Balaban J connectivity index is 3.04. The van der Waals surface area contributed by atoms with Gasteiger partial charge in [0.2, 0.25) is 0 Å². The SMILES string of the molecule is CCc1cc(CC(C)C=O)ccc1C(F)(F)F. The highest BCUT2D eigenvalue weighted by Crippen LogP contribution is 2.32. The van der Waals surface area contributed by atoms with E-state index in [2.05, 4.69) is 0 Å². The zero-order valence-electron chi connectivity index (χ0n) is 9.84. The van der Waals surface area contributed by atoms with Gasteiger partial charge in [0.1, 0.15) is 6.29 Å². The summed E-state index contributed by atoms with van der Waals surface area (Å²) in [7, 11) is 0. The third kappa shape index (κ3) is 3.58. The van der Waals surface area contributed by atoms with Crippen molar-refractivity contribution >= 4 is 6.29 Å². The lowest BCUT2D eigenvalue weighted by Crippen LogP contribution is -2.10. The molecular formula is C13H15F3O. The first kappa shape index (κ1) is 13.7. The number of aldehydes is 1. The van der Waals surface area contributed by atoms with E-state index < -0.39 is 11.7 Å². The van der Waals surface area contributed by atoms with Crippen molar-refractivity contribution in [2.24, 2.45) is 5.92 Å². The average Bonchev–Trinajstić information content (AvgIpc) is 2.27. The summed E-state index contributed by atoms with van der Waals surface area (Å²) >= 11 is 0. The van der Waals surface area contributed by atoms with Crippen molar-refractivity contribution in [1.82, 2.24) is 0 Å². The number of rotatable bonds is 4. The molecule has 1 aromatic carbocycles. The average molecular weight is 244 g/mol. The third-order valence-electron chi connectivity index (χ3n) is 2.65. The van der Waals surface area contributed by atoms with Gasteiger partial charge in [-0.05, 0) is 30.0 Å². The van der Waals surface area contributed by atoms with Crippen LogP contribution in [0.15, 0.2) is 18.2 Å². The Hall–Kier alpha value is -1.32. The predicted molar refractivity (Wildman–Crippen MR) is 59.8 cm³/mol. The Kier molecular flexibility index (Phi) is 4.32. The van der Waals surface area contributed by atoms with Crippen LogP contribution in [0.1, 0.15) is 30.5 Å². The highest BCUT2D eigenvalue weighted by atomic mass is 19.4. The van der Waals surface area contributed by atoms with Crippen LogP contribution in [0.4, 0.5) is 13.2 Å². The van der Waals surface area contributed by atoms with Crippen molar-refractivity contribution in [2.75, 3.05) is 0 Å². The van der Waals surface area contributed by atoms with Gasteiger partial charge in [0.05, 0.1) is 5.56 Å². The molecule has 17 heavy (non-hydrogen) atoms. The van der Waals surface area contributed by atoms with Crippen molar-refractivity contribution in [3.8, 4) is 0 Å². The number of halogens is 3. The zero-order chi connectivity index (χ0) is 13.1. The summed E-state index contributed by atoms with van der Waals surface area (Å²) in [4.78, 5) is 10.5. The van der Waals surface area contributed by atoms with Crippen LogP contribution in [0, 0.1) is 5.92 Å². The Morgan fingerprint density at radius 3 is 2.47 bits per heavy atom. The number of hydrogen-bond acceptors (Lipinski definition) is 1. The van der Waals surface area contributed by atoms with E-state index in [9.17, 15) is 18.0 Å². The minimum absolute atomic E-state index is 0.170. The molecule has 0 aliphatic rings. The smallest absolute Gasteiger partial charge is 0.303 e. The van der Waals surface area contributed by atoms with Crippen LogP contribution >= 0.6 is 0 Å². The first-order chi connectivity index (χ1) is 7.88. The first-order valence-electron chi connectivity index (χ1n) is 5.52. The van der Waals surface area contributed by atoms with Gasteiger partial charge in [-0.1, -0.05) is 26.0 Å². The van der Waals surface area contributed by atoms with Crippen molar-refractivity contribution in [2.45, 2.75) is 32.9 Å². The molecule has 1 nitrogen and oxygen atoms in total. The Labute approximate surface area is 98.6 Å². The van der Waals surface area contributed by atoms with Gasteiger partial charge in [-0.3, -0.25) is 0 Å². The van der Waals surface area contributed by atoms with E-state index in [4.69, 9.17) is 0 Å². The molecule has 1 unspecified atom stereocenters. The predicted octanol–water partition coefficient (Wildman–Crippen LogP) is 3.65. The summed E-state index contributed by atoms with van der Waals surface area (Å²) in [5.41, 5.74) is 0.477. The third-order valence-corrected chi connectivity index (χ3v) is 2.65. The van der Waals surface area contributed by atoms with Gasteiger partial charge in [0.15, 0.2) is 0 Å². The molecule has 0 saturated carbocycles. The van der Waals surface area contributed by atoms with E-state index in [1.165, 1.54) is 6.07 Å². The fraction of sp³-hybridized carbons (Fsp3) is 0.462. The van der Waals surface area contributed by atoms with Gasteiger partial charge in [-0.25, -0.2) is 0 Å². The zero-order valence-corrected chi connectivity index (χ0v) is 9.84. The van der Waals surface area contributed by atoms with Crippen molar-refractivity contribution in [3.05, 3.63) is 34.9 Å². The van der Waals surface area contributed by atoms with Crippen LogP contribution in [0.5, 0.6) is 0 Å². The molecule has 0 aliphatic carbocycles. The summed E-state index contributed by atoms with van der Waals surface area (Å²) in [6.45, 7) is 3.44. The second kappa shape index (κ2) is 5.34. The van der Waals surface area contributed by atoms with Gasteiger partial charge in [0, 0.05) is 5.92 Å². The number of benzene rings is 1. The number of hydrogen-bond donors (Lipinski definition) is 0. The molecule has 0 bridgehead atoms. The molecular weight excluding hydrogens is 229 g/mol. The molecule has 0 aromatic heterocycles. The molecule has 1 rings (SSSR count). The summed E-state index contributed by atoms with van der Waals surface area (Å²) in [5.74, 6) is -0.170. The van der Waals surface area contributed by atoms with Gasteiger partial charge >= 0.3 is 6.18 Å². The van der Waals surface area contributed by atoms with E-state index in [1.54, 1.807) is 19.9 Å². The van der Waals surface area contributed by atoms with Gasteiger partial charge in [0.25, 0.3) is 0 Å². The molecule has 94 valence electrons. The van der Waals surface area contributed by atoms with E-state index in [0.29, 0.717) is 12.8 Å². The lowest BCUT2D eigenvalue weighted by atomic mass is 9.96. The second-order valence-electron chi connectivity index (χ2n) is 4.16. The summed E-state index contributed by atoms with van der Waals surface area (Å²) in [6, 6.07) is 4.09. The van der Waals surface area contributed by atoms with E-state index in [1.807, 2.05) is 0 Å². The Morgan fingerprint density at radius 2 is 2.00 bits per heavy atom. The van der Waals surface area contributed by atoms with E-state index >= 15 is 0 Å². The maximum absolute atomic E-state index is 12.6. The number of aryl methyl sites for hydroxylation is 1. The molecule has 0 radical (unpaired) electrons. The summed E-state index contributed by atoms with van der Waals surface area (Å²) in [5, 5.41) is 0. The van der Waals surface area contributed by atoms with Crippen LogP contribution in [0.3, 0.4) is 0 Å². The fourth-order valence-corrected chi connectivity index (χ4v) is 1.76. The Bertz CT molecular complexity index is 396. The molecule has 0 fully saturated rings. The highest BCUT2D eigenvalue weighted by molar-refractivity contribution is 5.53. The summed E-state index contributed by atoms with van der Waals surface area (Å²) in [6.07, 6.45) is -2.68. The number of carbonyl (C=O) groups is 1. The van der Waals surface area contributed by atoms with E-state index in [0.717, 1.165) is 17.9 Å². The van der Waals surface area contributed by atoms with E-state index in [-0.39, 0.29) is 11.5 Å². The molecule has 1 atom stereocenters. The first-order valence-corrected chi connectivity index (χ1v) is 5.52. The second-order valence-corrected chi connectivity index (χ2v) is 4.16. The molecule has 0 N–H and O–H groups in total. The monoisotopic (exact) mass is 244 g/mol. The highest BCUT2D eigenvalue weighted by Gasteiger charge is 2.32. The molecule has 0 amide bonds. The lowest BCUT2D eigenvalue weighted by molar-refractivity contribution is -0.138. The molecule has 0 saturated heterocycles. The molecule has 4 heteroatoms. The maximum Gasteiger partial charge on any atom is 0.416 e. The topological polar surface area (TPSA) is 17.1 Å². The van der Waals surface area contributed by atoms with Crippen molar-refractivity contribution < 1.29 is 18.0 Å². The van der Waals surface area contributed by atoms with Crippen molar-refractivity contribution in [1.29, 1.82) is 0 Å². The molecule has 0 spiro atoms. The Morgan fingerprint density at radius 1 is 1.35 bits per heavy atom. The van der Waals surface area contributed by atoms with Crippen LogP contribution < -0.4 is 0 Å². The van der Waals surface area contributed by atoms with Gasteiger partial charge < -0.3 is 4.79 Å². The number of alkyl halides is 3. The van der Waals surface area contributed by atoms with Gasteiger partial charge in [-0.2, -0.15) is 13.2 Å². The molecule has 1 aromatic rings. The van der Waals surface area contributed by atoms with Crippen molar-refractivity contribution in [3.63, 3.8) is 0 Å². The molecule has 0 heterocycles. The van der Waals surface area contributed by atoms with Crippen LogP contribution in [0.25, 0.3) is 0 Å². The minimum Gasteiger partial charge on any atom is -0.303 e. The van der Waals surface area contributed by atoms with Crippen LogP contribution in [-0.2, 0) is 23.8 Å². The maximum atomic E-state index is 12.6. The quantitative estimate of drug-likeness (QED) is 0.739. The standard InChI is InChI=1S/C13H15F3O/c1-3-11-7-10(6-9(2)8-17)4-5-12(11)13(14,15)16/h4-5,7-9H,3,6H2,1-2H3. The van der Waals surface area contributed by atoms with Gasteiger partial charge in [-0.15, -0.1) is 0 Å². The number of carbonyl (C=O) groups excluding carboxylic acids is 1. The normalized spacial score (nSPS) is 13.5.